The highest BCUT2D eigenvalue weighted by molar-refractivity contribution is 5.82. The average Bonchev–Trinajstić information content (AvgIpc) is 2.42. The number of Topliss-reactive ketones (excluding diaryl/α,β-unsaturated/α-hetero) is 1. The van der Waals surface area contributed by atoms with Crippen molar-refractivity contribution in [3.05, 3.63) is 29.8 Å². The van der Waals surface area contributed by atoms with E-state index >= 15 is 0 Å². The van der Waals surface area contributed by atoms with Crippen LogP contribution in [0.3, 0.4) is 0 Å². The van der Waals surface area contributed by atoms with Gasteiger partial charge in [-0.25, -0.2) is 0 Å². The SMILES string of the molecule is COc1ccc(CC2CC(C(C)C)CCC2=O)cc1. The Labute approximate surface area is 116 Å². The Morgan fingerprint density at radius 1 is 1.26 bits per heavy atom. The number of carbonyl (C=O) groups is 1. The van der Waals surface area contributed by atoms with E-state index in [1.165, 1.54) is 5.56 Å². The van der Waals surface area contributed by atoms with E-state index < -0.39 is 0 Å². The summed E-state index contributed by atoms with van der Waals surface area (Å²) in [7, 11) is 1.67. The molecule has 0 saturated heterocycles. The summed E-state index contributed by atoms with van der Waals surface area (Å²) in [5.41, 5.74) is 1.24. The van der Waals surface area contributed by atoms with Gasteiger partial charge >= 0.3 is 0 Å². The van der Waals surface area contributed by atoms with E-state index in [0.717, 1.165) is 31.4 Å². The molecular weight excluding hydrogens is 236 g/mol. The van der Waals surface area contributed by atoms with E-state index in [1.807, 2.05) is 12.1 Å². The number of carbonyl (C=O) groups excluding carboxylic acids is 1. The van der Waals surface area contributed by atoms with Gasteiger partial charge in [-0.15, -0.1) is 0 Å². The topological polar surface area (TPSA) is 26.3 Å². The molecule has 0 aliphatic heterocycles. The van der Waals surface area contributed by atoms with Crippen molar-refractivity contribution < 1.29 is 9.53 Å². The van der Waals surface area contributed by atoms with E-state index in [0.29, 0.717) is 17.6 Å². The lowest BCUT2D eigenvalue weighted by atomic mass is 9.73. The second-order valence-corrected chi connectivity index (χ2v) is 5.99. The van der Waals surface area contributed by atoms with Crippen LogP contribution in [0.1, 0.15) is 38.7 Å². The number of ether oxygens (including phenoxy) is 1. The summed E-state index contributed by atoms with van der Waals surface area (Å²) in [6.07, 6.45) is 3.79. The molecule has 0 spiro atoms. The summed E-state index contributed by atoms with van der Waals surface area (Å²) in [5, 5.41) is 0. The molecule has 104 valence electrons. The first-order chi connectivity index (χ1) is 9.10. The van der Waals surface area contributed by atoms with Gasteiger partial charge in [-0.3, -0.25) is 4.79 Å². The van der Waals surface area contributed by atoms with Gasteiger partial charge in [0.05, 0.1) is 7.11 Å². The first-order valence-electron chi connectivity index (χ1n) is 7.25. The van der Waals surface area contributed by atoms with Crippen LogP contribution in [-0.2, 0) is 11.2 Å². The second kappa shape index (κ2) is 6.23. The van der Waals surface area contributed by atoms with Gasteiger partial charge in [-0.05, 0) is 48.8 Å². The molecule has 2 heteroatoms. The highest BCUT2D eigenvalue weighted by Crippen LogP contribution is 2.33. The van der Waals surface area contributed by atoms with Crippen LogP contribution in [0.25, 0.3) is 0 Å². The van der Waals surface area contributed by atoms with Crippen LogP contribution in [-0.4, -0.2) is 12.9 Å². The molecule has 1 aromatic carbocycles. The zero-order valence-corrected chi connectivity index (χ0v) is 12.2. The maximum absolute atomic E-state index is 12.1. The number of methoxy groups -OCH3 is 1. The third kappa shape index (κ3) is 3.59. The molecule has 1 aromatic rings. The fourth-order valence-electron chi connectivity index (χ4n) is 3.00. The zero-order valence-electron chi connectivity index (χ0n) is 12.2. The number of hydrogen-bond acceptors (Lipinski definition) is 2. The first kappa shape index (κ1) is 14.1. The summed E-state index contributed by atoms with van der Waals surface area (Å²) in [4.78, 5) is 12.1. The molecule has 0 heterocycles. The van der Waals surface area contributed by atoms with Crippen LogP contribution in [0.2, 0.25) is 0 Å². The molecule has 2 rings (SSSR count). The predicted octanol–water partition coefficient (Wildman–Crippen LogP) is 3.88. The largest absolute Gasteiger partial charge is 0.497 e. The Bertz CT molecular complexity index is 419. The average molecular weight is 260 g/mol. The molecule has 1 saturated carbocycles. The molecule has 0 radical (unpaired) electrons. The quantitative estimate of drug-likeness (QED) is 0.821. The van der Waals surface area contributed by atoms with Crippen molar-refractivity contribution >= 4 is 5.78 Å². The third-order valence-corrected chi connectivity index (χ3v) is 4.39. The van der Waals surface area contributed by atoms with Gasteiger partial charge in [0.2, 0.25) is 0 Å². The van der Waals surface area contributed by atoms with Gasteiger partial charge in [0.1, 0.15) is 11.5 Å². The molecule has 2 atom stereocenters. The van der Waals surface area contributed by atoms with Crippen LogP contribution in [0.4, 0.5) is 0 Å². The molecule has 0 N–H and O–H groups in total. The summed E-state index contributed by atoms with van der Waals surface area (Å²) < 4.78 is 5.16. The molecule has 0 bridgehead atoms. The van der Waals surface area contributed by atoms with Crippen molar-refractivity contribution in [1.82, 2.24) is 0 Å². The number of ketones is 1. The molecule has 19 heavy (non-hydrogen) atoms. The Morgan fingerprint density at radius 3 is 2.53 bits per heavy atom. The Hall–Kier alpha value is -1.31. The number of hydrogen-bond donors (Lipinski definition) is 0. The lowest BCUT2D eigenvalue weighted by molar-refractivity contribution is -0.125. The lowest BCUT2D eigenvalue weighted by Crippen LogP contribution is -2.28. The van der Waals surface area contributed by atoms with Gasteiger partial charge in [-0.2, -0.15) is 0 Å². The standard InChI is InChI=1S/C17H24O2/c1-12(2)14-6-9-17(18)15(11-14)10-13-4-7-16(19-3)8-5-13/h4-5,7-8,12,14-15H,6,9-11H2,1-3H3. The molecule has 0 aromatic heterocycles. The molecule has 1 aliphatic carbocycles. The Kier molecular flexibility index (Phi) is 4.62. The fourth-order valence-corrected chi connectivity index (χ4v) is 3.00. The molecule has 2 nitrogen and oxygen atoms in total. The van der Waals surface area contributed by atoms with Gasteiger partial charge < -0.3 is 4.74 Å². The van der Waals surface area contributed by atoms with Crippen molar-refractivity contribution in [1.29, 1.82) is 0 Å². The van der Waals surface area contributed by atoms with Crippen LogP contribution in [0, 0.1) is 17.8 Å². The van der Waals surface area contributed by atoms with Crippen molar-refractivity contribution in [2.24, 2.45) is 17.8 Å². The summed E-state index contributed by atoms with van der Waals surface area (Å²) in [5.74, 6) is 2.94. The number of benzene rings is 1. The molecule has 0 amide bonds. The van der Waals surface area contributed by atoms with Gasteiger partial charge in [0.25, 0.3) is 0 Å². The first-order valence-corrected chi connectivity index (χ1v) is 7.25. The summed E-state index contributed by atoms with van der Waals surface area (Å²) in [6.45, 7) is 4.54. The van der Waals surface area contributed by atoms with Gasteiger partial charge in [0, 0.05) is 12.3 Å². The zero-order chi connectivity index (χ0) is 13.8. The molecule has 2 unspecified atom stereocenters. The number of rotatable bonds is 4. The van der Waals surface area contributed by atoms with Crippen molar-refractivity contribution in [3.63, 3.8) is 0 Å². The highest BCUT2D eigenvalue weighted by atomic mass is 16.5. The minimum Gasteiger partial charge on any atom is -0.497 e. The summed E-state index contributed by atoms with van der Waals surface area (Å²) >= 11 is 0. The van der Waals surface area contributed by atoms with Crippen LogP contribution in [0.15, 0.2) is 24.3 Å². The minimum atomic E-state index is 0.217. The maximum atomic E-state index is 12.1. The van der Waals surface area contributed by atoms with Gasteiger partial charge in [-0.1, -0.05) is 26.0 Å². The molecular formula is C17H24O2. The van der Waals surface area contributed by atoms with E-state index in [-0.39, 0.29) is 5.92 Å². The maximum Gasteiger partial charge on any atom is 0.136 e. The Morgan fingerprint density at radius 2 is 1.95 bits per heavy atom. The molecule has 1 fully saturated rings. The van der Waals surface area contributed by atoms with E-state index in [4.69, 9.17) is 4.74 Å². The van der Waals surface area contributed by atoms with E-state index in [2.05, 4.69) is 26.0 Å². The minimum absolute atomic E-state index is 0.217. The van der Waals surface area contributed by atoms with Crippen LogP contribution in [0.5, 0.6) is 5.75 Å². The Balaban J connectivity index is 2.01. The third-order valence-electron chi connectivity index (χ3n) is 4.39. The van der Waals surface area contributed by atoms with E-state index in [1.54, 1.807) is 7.11 Å². The van der Waals surface area contributed by atoms with Gasteiger partial charge in [0.15, 0.2) is 0 Å². The van der Waals surface area contributed by atoms with Crippen molar-refractivity contribution in [2.45, 2.75) is 39.5 Å². The lowest BCUT2D eigenvalue weighted by Gasteiger charge is -2.30. The van der Waals surface area contributed by atoms with Crippen LogP contribution >= 0.6 is 0 Å². The van der Waals surface area contributed by atoms with Crippen molar-refractivity contribution in [2.75, 3.05) is 7.11 Å². The van der Waals surface area contributed by atoms with Crippen LogP contribution < -0.4 is 4.74 Å². The van der Waals surface area contributed by atoms with E-state index in [9.17, 15) is 4.79 Å². The van der Waals surface area contributed by atoms with Crippen molar-refractivity contribution in [3.8, 4) is 5.75 Å². The normalized spacial score (nSPS) is 23.7. The second-order valence-electron chi connectivity index (χ2n) is 5.99. The molecule has 1 aliphatic rings. The smallest absolute Gasteiger partial charge is 0.136 e. The highest BCUT2D eigenvalue weighted by Gasteiger charge is 2.30. The predicted molar refractivity (Wildman–Crippen MR) is 77.4 cm³/mol. The summed E-state index contributed by atoms with van der Waals surface area (Å²) in [6, 6.07) is 8.10. The monoisotopic (exact) mass is 260 g/mol. The fraction of sp³-hybridized carbons (Fsp3) is 0.588.